The summed E-state index contributed by atoms with van der Waals surface area (Å²) < 4.78 is 4.97. The lowest BCUT2D eigenvalue weighted by molar-refractivity contribution is 0.321. The Morgan fingerprint density at radius 1 is 0.938 bits per heavy atom. The molecule has 2 nitrogen and oxygen atoms in total. The number of benzene rings is 1. The lowest BCUT2D eigenvalue weighted by Gasteiger charge is -2.13. The van der Waals surface area contributed by atoms with Crippen LogP contribution in [0.5, 0.6) is 5.75 Å². The summed E-state index contributed by atoms with van der Waals surface area (Å²) in [6.45, 7) is 12.2. The third-order valence-corrected chi connectivity index (χ3v) is 2.60. The second kappa shape index (κ2) is 9.22. The van der Waals surface area contributed by atoms with Gasteiger partial charge >= 0.3 is 0 Å². The highest BCUT2D eigenvalue weighted by Gasteiger charge is 1.89. The summed E-state index contributed by atoms with van der Waals surface area (Å²) in [5.74, 6) is 0.917. The van der Waals surface area contributed by atoms with E-state index in [2.05, 4.69) is 32.6 Å². The fourth-order valence-corrected chi connectivity index (χ4v) is 1.35. The Hall–Kier alpha value is -1.02. The maximum Gasteiger partial charge on any atom is 0.118 e. The zero-order valence-electron chi connectivity index (χ0n) is 11.3. The van der Waals surface area contributed by atoms with Gasteiger partial charge in [0.2, 0.25) is 0 Å². The van der Waals surface area contributed by atoms with E-state index >= 15 is 0 Å². The summed E-state index contributed by atoms with van der Waals surface area (Å²) >= 11 is 0. The van der Waals surface area contributed by atoms with Gasteiger partial charge in [-0.25, -0.2) is 0 Å². The summed E-state index contributed by atoms with van der Waals surface area (Å²) in [7, 11) is 1.67. The summed E-state index contributed by atoms with van der Waals surface area (Å²) in [6.07, 6.45) is 0. The van der Waals surface area contributed by atoms with Gasteiger partial charge in [0.25, 0.3) is 0 Å². The molecule has 0 unspecified atom stereocenters. The smallest absolute Gasteiger partial charge is 0.118 e. The molecule has 0 saturated carbocycles. The number of rotatable bonds is 4. The molecule has 2 heteroatoms. The standard InChI is InChI=1S/C8H10O.C6H15N/c1-7-3-5-8(9-2)6-4-7;1-4-7(5-2)6-3/h3-6H,1-2H3;4-6H2,1-3H3. The number of hydrogen-bond acceptors (Lipinski definition) is 2. The third-order valence-electron chi connectivity index (χ3n) is 2.60. The Kier molecular flexibility index (Phi) is 8.64. The highest BCUT2D eigenvalue weighted by molar-refractivity contribution is 5.25. The molecule has 0 saturated heterocycles. The van der Waals surface area contributed by atoms with E-state index < -0.39 is 0 Å². The molecule has 0 aromatic heterocycles. The van der Waals surface area contributed by atoms with Crippen molar-refractivity contribution in [3.8, 4) is 5.75 Å². The first-order valence-electron chi connectivity index (χ1n) is 6.00. The van der Waals surface area contributed by atoms with E-state index in [0.29, 0.717) is 0 Å². The van der Waals surface area contributed by atoms with Crippen LogP contribution < -0.4 is 4.74 Å². The predicted molar refractivity (Wildman–Crippen MR) is 71.2 cm³/mol. The van der Waals surface area contributed by atoms with E-state index in [1.807, 2.05) is 24.3 Å². The van der Waals surface area contributed by atoms with Gasteiger partial charge in [-0.05, 0) is 38.7 Å². The largest absolute Gasteiger partial charge is 0.497 e. The average molecular weight is 223 g/mol. The first-order valence-corrected chi connectivity index (χ1v) is 6.00. The van der Waals surface area contributed by atoms with Gasteiger partial charge in [-0.2, -0.15) is 0 Å². The molecule has 0 fully saturated rings. The fraction of sp³-hybridized carbons (Fsp3) is 0.571. The number of ether oxygens (including phenoxy) is 1. The van der Waals surface area contributed by atoms with Crippen LogP contribution in [0.25, 0.3) is 0 Å². The molecule has 1 aromatic carbocycles. The molecule has 0 bridgehead atoms. The molecule has 0 heterocycles. The summed E-state index contributed by atoms with van der Waals surface area (Å²) in [5, 5.41) is 0. The van der Waals surface area contributed by atoms with Crippen molar-refractivity contribution in [2.45, 2.75) is 27.7 Å². The molecule has 0 aliphatic heterocycles. The second-order valence-electron chi connectivity index (χ2n) is 3.64. The first-order chi connectivity index (χ1) is 7.67. The maximum atomic E-state index is 4.97. The Morgan fingerprint density at radius 2 is 1.38 bits per heavy atom. The third kappa shape index (κ3) is 6.46. The van der Waals surface area contributed by atoms with Crippen LogP contribution in [0, 0.1) is 6.92 Å². The molecule has 0 aliphatic carbocycles. The lowest BCUT2D eigenvalue weighted by Crippen LogP contribution is -2.21. The topological polar surface area (TPSA) is 12.5 Å². The average Bonchev–Trinajstić information content (AvgIpc) is 2.33. The normalized spacial score (nSPS) is 9.62. The quantitative estimate of drug-likeness (QED) is 0.776. The number of nitrogens with zero attached hydrogens (tertiary/aromatic N) is 1. The van der Waals surface area contributed by atoms with Gasteiger partial charge in [0.15, 0.2) is 0 Å². The van der Waals surface area contributed by atoms with Crippen LogP contribution in [-0.4, -0.2) is 31.6 Å². The fourth-order valence-electron chi connectivity index (χ4n) is 1.35. The first kappa shape index (κ1) is 15.0. The summed E-state index contributed by atoms with van der Waals surface area (Å²) in [5.41, 5.74) is 1.26. The predicted octanol–water partition coefficient (Wildman–Crippen LogP) is 3.35. The van der Waals surface area contributed by atoms with Crippen LogP contribution >= 0.6 is 0 Å². The molecular weight excluding hydrogens is 198 g/mol. The molecule has 0 radical (unpaired) electrons. The van der Waals surface area contributed by atoms with E-state index in [4.69, 9.17) is 4.74 Å². The van der Waals surface area contributed by atoms with E-state index in [9.17, 15) is 0 Å². The van der Waals surface area contributed by atoms with Crippen molar-refractivity contribution in [2.75, 3.05) is 26.7 Å². The van der Waals surface area contributed by atoms with Gasteiger partial charge in [0.05, 0.1) is 7.11 Å². The second-order valence-corrected chi connectivity index (χ2v) is 3.64. The van der Waals surface area contributed by atoms with Gasteiger partial charge in [-0.15, -0.1) is 0 Å². The van der Waals surface area contributed by atoms with Crippen molar-refractivity contribution in [2.24, 2.45) is 0 Å². The molecule has 92 valence electrons. The number of aryl methyl sites for hydroxylation is 1. The van der Waals surface area contributed by atoms with Crippen molar-refractivity contribution >= 4 is 0 Å². The van der Waals surface area contributed by atoms with Crippen molar-refractivity contribution < 1.29 is 4.74 Å². The van der Waals surface area contributed by atoms with Gasteiger partial charge < -0.3 is 9.64 Å². The molecular formula is C14H25NO. The van der Waals surface area contributed by atoms with Crippen LogP contribution in [0.3, 0.4) is 0 Å². The van der Waals surface area contributed by atoms with Crippen molar-refractivity contribution in [3.63, 3.8) is 0 Å². The SMILES string of the molecule is CCN(CC)CC.COc1ccc(C)cc1. The van der Waals surface area contributed by atoms with E-state index in [1.54, 1.807) is 7.11 Å². The summed E-state index contributed by atoms with van der Waals surface area (Å²) in [6, 6.07) is 7.96. The van der Waals surface area contributed by atoms with Crippen molar-refractivity contribution in [1.29, 1.82) is 0 Å². The Balaban J connectivity index is 0.000000293. The van der Waals surface area contributed by atoms with E-state index in [1.165, 1.54) is 25.2 Å². The molecule has 0 aliphatic rings. The maximum absolute atomic E-state index is 4.97. The van der Waals surface area contributed by atoms with E-state index in [-0.39, 0.29) is 0 Å². The Labute approximate surface area is 100 Å². The Morgan fingerprint density at radius 3 is 1.62 bits per heavy atom. The monoisotopic (exact) mass is 223 g/mol. The van der Waals surface area contributed by atoms with Crippen molar-refractivity contribution in [3.05, 3.63) is 29.8 Å². The molecule has 0 N–H and O–H groups in total. The zero-order chi connectivity index (χ0) is 12.4. The minimum atomic E-state index is 0.917. The van der Waals surface area contributed by atoms with Crippen LogP contribution in [0.1, 0.15) is 26.3 Å². The Bertz CT molecular complexity index is 246. The minimum absolute atomic E-state index is 0.917. The number of methoxy groups -OCH3 is 1. The lowest BCUT2D eigenvalue weighted by atomic mass is 10.2. The minimum Gasteiger partial charge on any atom is -0.497 e. The van der Waals surface area contributed by atoms with E-state index in [0.717, 1.165) is 5.75 Å². The van der Waals surface area contributed by atoms with Crippen LogP contribution in [-0.2, 0) is 0 Å². The zero-order valence-corrected chi connectivity index (χ0v) is 11.3. The van der Waals surface area contributed by atoms with Crippen molar-refractivity contribution in [1.82, 2.24) is 4.90 Å². The molecule has 0 amide bonds. The van der Waals surface area contributed by atoms with Crippen LogP contribution in [0.2, 0.25) is 0 Å². The molecule has 1 rings (SSSR count). The molecule has 0 atom stereocenters. The highest BCUT2D eigenvalue weighted by Crippen LogP contribution is 2.09. The molecule has 1 aromatic rings. The molecule has 0 spiro atoms. The molecule has 16 heavy (non-hydrogen) atoms. The number of hydrogen-bond donors (Lipinski definition) is 0. The summed E-state index contributed by atoms with van der Waals surface area (Å²) in [4.78, 5) is 2.38. The highest BCUT2D eigenvalue weighted by atomic mass is 16.5. The van der Waals surface area contributed by atoms with Crippen LogP contribution in [0.4, 0.5) is 0 Å². The van der Waals surface area contributed by atoms with Crippen LogP contribution in [0.15, 0.2) is 24.3 Å². The van der Waals surface area contributed by atoms with Gasteiger partial charge in [-0.1, -0.05) is 38.5 Å². The van der Waals surface area contributed by atoms with Gasteiger partial charge in [0.1, 0.15) is 5.75 Å². The van der Waals surface area contributed by atoms with Gasteiger partial charge in [0, 0.05) is 0 Å². The van der Waals surface area contributed by atoms with Gasteiger partial charge in [-0.3, -0.25) is 0 Å².